The maximum absolute atomic E-state index is 10.3. The second-order valence-corrected chi connectivity index (χ2v) is 6.24. The third-order valence-corrected chi connectivity index (χ3v) is 3.97. The van der Waals surface area contributed by atoms with E-state index in [-0.39, 0.29) is 0 Å². The van der Waals surface area contributed by atoms with Crippen molar-refractivity contribution in [2.24, 2.45) is 0 Å². The van der Waals surface area contributed by atoms with E-state index in [0.717, 1.165) is 30.8 Å². The summed E-state index contributed by atoms with van der Waals surface area (Å²) < 4.78 is 10.9. The Morgan fingerprint density at radius 1 is 1.04 bits per heavy atom. The van der Waals surface area contributed by atoms with Crippen molar-refractivity contribution in [1.29, 1.82) is 0 Å². The molecule has 0 aromatic heterocycles. The van der Waals surface area contributed by atoms with Gasteiger partial charge in [-0.3, -0.25) is 4.90 Å². The molecule has 2 aromatic rings. The minimum Gasteiger partial charge on any atom is -0.497 e. The van der Waals surface area contributed by atoms with Crippen molar-refractivity contribution in [2.45, 2.75) is 32.6 Å². The van der Waals surface area contributed by atoms with E-state index in [9.17, 15) is 5.11 Å². The Morgan fingerprint density at radius 3 is 2.52 bits per heavy atom. The Hall–Kier alpha value is -1.88. The van der Waals surface area contributed by atoms with Crippen molar-refractivity contribution < 1.29 is 14.6 Å². The van der Waals surface area contributed by atoms with Gasteiger partial charge in [0, 0.05) is 13.1 Å². The molecule has 0 unspecified atom stereocenters. The van der Waals surface area contributed by atoms with Crippen LogP contribution in [0.1, 0.15) is 24.5 Å². The minimum atomic E-state index is -0.499. The molecular weight excluding hydrogens is 314 g/mol. The van der Waals surface area contributed by atoms with Crippen molar-refractivity contribution in [2.75, 3.05) is 26.8 Å². The SMILES string of the molecule is CCCN(Cc1cccc(OC)c1)C[C@H](O)COCc1ccccc1. The number of hydrogen-bond donors (Lipinski definition) is 1. The van der Waals surface area contributed by atoms with E-state index in [1.54, 1.807) is 7.11 Å². The van der Waals surface area contributed by atoms with E-state index < -0.39 is 6.10 Å². The first-order valence-corrected chi connectivity index (χ1v) is 8.86. The summed E-state index contributed by atoms with van der Waals surface area (Å²) in [5, 5.41) is 10.3. The molecule has 0 heterocycles. The van der Waals surface area contributed by atoms with Gasteiger partial charge in [0.05, 0.1) is 26.4 Å². The Morgan fingerprint density at radius 2 is 1.80 bits per heavy atom. The first kappa shape index (κ1) is 19.4. The number of aliphatic hydroxyl groups is 1. The largest absolute Gasteiger partial charge is 0.497 e. The summed E-state index contributed by atoms with van der Waals surface area (Å²) in [6.07, 6.45) is 0.544. The van der Waals surface area contributed by atoms with Crippen LogP contribution in [0.3, 0.4) is 0 Å². The Bertz CT molecular complexity index is 603. The average Bonchev–Trinajstić information content (AvgIpc) is 2.63. The fraction of sp³-hybridized carbons (Fsp3) is 0.429. The summed E-state index contributed by atoms with van der Waals surface area (Å²) in [5.41, 5.74) is 2.31. The monoisotopic (exact) mass is 343 g/mol. The highest BCUT2D eigenvalue weighted by Crippen LogP contribution is 2.15. The smallest absolute Gasteiger partial charge is 0.119 e. The van der Waals surface area contributed by atoms with E-state index >= 15 is 0 Å². The Balaban J connectivity index is 1.80. The number of hydrogen-bond acceptors (Lipinski definition) is 4. The third kappa shape index (κ3) is 7.26. The molecule has 4 heteroatoms. The molecule has 0 spiro atoms. The number of rotatable bonds is 11. The van der Waals surface area contributed by atoms with Gasteiger partial charge in [0.25, 0.3) is 0 Å². The average molecular weight is 343 g/mol. The lowest BCUT2D eigenvalue weighted by Gasteiger charge is -2.25. The van der Waals surface area contributed by atoms with Crippen molar-refractivity contribution in [3.05, 3.63) is 65.7 Å². The third-order valence-electron chi connectivity index (χ3n) is 3.97. The minimum absolute atomic E-state index is 0.340. The van der Waals surface area contributed by atoms with Crippen LogP contribution in [-0.4, -0.2) is 42.9 Å². The summed E-state index contributed by atoms with van der Waals surface area (Å²) in [6, 6.07) is 18.1. The maximum atomic E-state index is 10.3. The number of methoxy groups -OCH3 is 1. The zero-order chi connectivity index (χ0) is 17.9. The molecule has 4 nitrogen and oxygen atoms in total. The van der Waals surface area contributed by atoms with Crippen molar-refractivity contribution >= 4 is 0 Å². The van der Waals surface area contributed by atoms with Crippen LogP contribution in [0, 0.1) is 0 Å². The van der Waals surface area contributed by atoms with Crippen LogP contribution in [0.25, 0.3) is 0 Å². The normalized spacial score (nSPS) is 12.3. The topological polar surface area (TPSA) is 41.9 Å². The number of aliphatic hydroxyl groups excluding tert-OH is 1. The molecule has 0 aliphatic rings. The van der Waals surface area contributed by atoms with Crippen LogP contribution in [0.2, 0.25) is 0 Å². The summed E-state index contributed by atoms with van der Waals surface area (Å²) >= 11 is 0. The molecule has 0 saturated carbocycles. The van der Waals surface area contributed by atoms with Crippen LogP contribution in [0.4, 0.5) is 0 Å². The zero-order valence-corrected chi connectivity index (χ0v) is 15.2. The van der Waals surface area contributed by atoms with Crippen molar-refractivity contribution in [3.63, 3.8) is 0 Å². The highest BCUT2D eigenvalue weighted by atomic mass is 16.5. The first-order valence-electron chi connectivity index (χ1n) is 8.86. The molecule has 0 aliphatic carbocycles. The lowest BCUT2D eigenvalue weighted by molar-refractivity contribution is 0.00856. The molecule has 0 radical (unpaired) electrons. The van der Waals surface area contributed by atoms with E-state index in [4.69, 9.17) is 9.47 Å². The first-order chi connectivity index (χ1) is 12.2. The number of ether oxygens (including phenoxy) is 2. The molecule has 25 heavy (non-hydrogen) atoms. The maximum Gasteiger partial charge on any atom is 0.119 e. The standard InChI is InChI=1S/C21H29NO3/c1-3-12-22(14-19-10-7-11-21(13-19)24-2)15-20(23)17-25-16-18-8-5-4-6-9-18/h4-11,13,20,23H,3,12,14-17H2,1-2H3/t20-/m0/s1. The number of nitrogens with zero attached hydrogens (tertiary/aromatic N) is 1. The van der Waals surface area contributed by atoms with Gasteiger partial charge < -0.3 is 14.6 Å². The van der Waals surface area contributed by atoms with Gasteiger partial charge in [0.2, 0.25) is 0 Å². The van der Waals surface area contributed by atoms with Crippen LogP contribution in [0.15, 0.2) is 54.6 Å². The molecule has 0 bridgehead atoms. The van der Waals surface area contributed by atoms with Gasteiger partial charge in [-0.25, -0.2) is 0 Å². The molecule has 2 rings (SSSR count). The van der Waals surface area contributed by atoms with Crippen LogP contribution >= 0.6 is 0 Å². The molecular formula is C21H29NO3. The van der Waals surface area contributed by atoms with Crippen molar-refractivity contribution in [3.8, 4) is 5.75 Å². The van der Waals surface area contributed by atoms with Gasteiger partial charge in [-0.15, -0.1) is 0 Å². The molecule has 1 atom stereocenters. The quantitative estimate of drug-likeness (QED) is 0.678. The molecule has 1 N–H and O–H groups in total. The summed E-state index contributed by atoms with van der Waals surface area (Å²) in [4.78, 5) is 2.26. The van der Waals surface area contributed by atoms with E-state index in [1.165, 1.54) is 5.56 Å². The number of benzene rings is 2. The zero-order valence-electron chi connectivity index (χ0n) is 15.2. The van der Waals surface area contributed by atoms with E-state index in [0.29, 0.717) is 19.8 Å². The Labute approximate surface area is 151 Å². The predicted octanol–water partition coefficient (Wildman–Crippen LogP) is 3.48. The van der Waals surface area contributed by atoms with Gasteiger partial charge in [0.15, 0.2) is 0 Å². The molecule has 0 aliphatic heterocycles. The second-order valence-electron chi connectivity index (χ2n) is 6.24. The van der Waals surface area contributed by atoms with Gasteiger partial charge >= 0.3 is 0 Å². The molecule has 0 saturated heterocycles. The fourth-order valence-electron chi connectivity index (χ4n) is 2.82. The van der Waals surface area contributed by atoms with Gasteiger partial charge in [0.1, 0.15) is 5.75 Å². The molecule has 0 amide bonds. The lowest BCUT2D eigenvalue weighted by atomic mass is 10.2. The summed E-state index contributed by atoms with van der Waals surface area (Å²) in [5.74, 6) is 0.862. The van der Waals surface area contributed by atoms with Gasteiger partial charge in [-0.05, 0) is 36.2 Å². The fourth-order valence-corrected chi connectivity index (χ4v) is 2.82. The van der Waals surface area contributed by atoms with E-state index in [1.807, 2.05) is 48.5 Å². The summed E-state index contributed by atoms with van der Waals surface area (Å²) in [7, 11) is 1.68. The molecule has 0 fully saturated rings. The van der Waals surface area contributed by atoms with Crippen molar-refractivity contribution in [1.82, 2.24) is 4.90 Å². The highest BCUT2D eigenvalue weighted by molar-refractivity contribution is 5.28. The van der Waals surface area contributed by atoms with Crippen LogP contribution < -0.4 is 4.74 Å². The second kappa shape index (κ2) is 10.9. The lowest BCUT2D eigenvalue weighted by Crippen LogP contribution is -2.35. The van der Waals surface area contributed by atoms with Crippen LogP contribution in [-0.2, 0) is 17.9 Å². The molecule has 136 valence electrons. The predicted molar refractivity (Wildman–Crippen MR) is 101 cm³/mol. The highest BCUT2D eigenvalue weighted by Gasteiger charge is 2.12. The summed E-state index contributed by atoms with van der Waals surface area (Å²) in [6.45, 7) is 5.35. The Kier molecular flexibility index (Phi) is 8.46. The molecule has 2 aromatic carbocycles. The van der Waals surface area contributed by atoms with Gasteiger partial charge in [-0.1, -0.05) is 49.4 Å². The van der Waals surface area contributed by atoms with E-state index in [2.05, 4.69) is 17.9 Å². The van der Waals surface area contributed by atoms with Crippen LogP contribution in [0.5, 0.6) is 5.75 Å². The van der Waals surface area contributed by atoms with Gasteiger partial charge in [-0.2, -0.15) is 0 Å².